The lowest BCUT2D eigenvalue weighted by molar-refractivity contribution is 0.137. The molecule has 1 aliphatic heterocycles. The first kappa shape index (κ1) is 13.6. The Hall–Kier alpha value is -0.800. The molecule has 0 bridgehead atoms. The highest BCUT2D eigenvalue weighted by atomic mass is 15.1. The fraction of sp³-hybridized carbons (Fsp3) is 0.733. The third kappa shape index (κ3) is 3.59. The van der Waals surface area contributed by atoms with Gasteiger partial charge in [0, 0.05) is 32.0 Å². The third-order valence-corrected chi connectivity index (χ3v) is 4.25. The van der Waals surface area contributed by atoms with Crippen molar-refractivity contribution in [2.45, 2.75) is 39.8 Å². The second kappa shape index (κ2) is 5.89. The predicted molar refractivity (Wildman–Crippen MR) is 76.7 cm³/mol. The number of hydrogen-bond donors (Lipinski definition) is 1. The van der Waals surface area contributed by atoms with Crippen LogP contribution in [-0.2, 0) is 13.1 Å². The van der Waals surface area contributed by atoms with Crippen LogP contribution >= 0.6 is 0 Å². The zero-order valence-electron chi connectivity index (χ0n) is 12.1. The Kier molecular flexibility index (Phi) is 4.46. The molecule has 0 radical (unpaired) electrons. The summed E-state index contributed by atoms with van der Waals surface area (Å²) in [5.41, 5.74) is 1.88. The number of rotatable bonds is 5. The second-order valence-corrected chi connectivity index (χ2v) is 6.07. The average molecular weight is 249 g/mol. The fourth-order valence-corrected chi connectivity index (χ4v) is 2.64. The minimum atomic E-state index is 0.486. The fourth-order valence-electron chi connectivity index (χ4n) is 2.64. The van der Waals surface area contributed by atoms with E-state index in [0.29, 0.717) is 5.41 Å². The summed E-state index contributed by atoms with van der Waals surface area (Å²) in [6.07, 6.45) is 7.03. The quantitative estimate of drug-likeness (QED) is 0.864. The molecule has 1 aromatic rings. The van der Waals surface area contributed by atoms with E-state index in [-0.39, 0.29) is 0 Å². The molecular formula is C15H27N3. The summed E-state index contributed by atoms with van der Waals surface area (Å²) in [6.45, 7) is 10.3. The molecule has 1 aliphatic rings. The number of piperidine rings is 1. The molecule has 1 fully saturated rings. The lowest BCUT2D eigenvalue weighted by Crippen LogP contribution is -2.41. The van der Waals surface area contributed by atoms with E-state index in [9.17, 15) is 0 Å². The molecule has 0 unspecified atom stereocenters. The van der Waals surface area contributed by atoms with E-state index in [4.69, 9.17) is 0 Å². The van der Waals surface area contributed by atoms with Crippen molar-refractivity contribution in [2.24, 2.45) is 5.41 Å². The van der Waals surface area contributed by atoms with Crippen LogP contribution in [0.1, 0.15) is 32.3 Å². The molecule has 1 N–H and O–H groups in total. The van der Waals surface area contributed by atoms with Crippen molar-refractivity contribution < 1.29 is 0 Å². The van der Waals surface area contributed by atoms with E-state index in [1.165, 1.54) is 31.5 Å². The Labute approximate surface area is 111 Å². The molecule has 2 heterocycles. The molecule has 0 amide bonds. The highest BCUT2D eigenvalue weighted by molar-refractivity contribution is 5.09. The summed E-state index contributed by atoms with van der Waals surface area (Å²) < 4.78 is 2.23. The molecule has 18 heavy (non-hydrogen) atoms. The lowest BCUT2D eigenvalue weighted by Gasteiger charge is -2.38. The van der Waals surface area contributed by atoms with E-state index < -0.39 is 0 Å². The molecule has 0 spiro atoms. The van der Waals surface area contributed by atoms with Crippen molar-refractivity contribution in [1.29, 1.82) is 0 Å². The van der Waals surface area contributed by atoms with Crippen LogP contribution in [0.3, 0.4) is 0 Å². The second-order valence-electron chi connectivity index (χ2n) is 6.07. The Balaban J connectivity index is 1.74. The van der Waals surface area contributed by atoms with E-state index in [1.54, 1.807) is 0 Å². The minimum absolute atomic E-state index is 0.486. The number of likely N-dealkylation sites (tertiary alicyclic amines) is 1. The average Bonchev–Trinajstić information content (AvgIpc) is 2.81. The molecule has 0 aromatic carbocycles. The maximum atomic E-state index is 3.63. The Bertz CT molecular complexity index is 362. The van der Waals surface area contributed by atoms with Crippen LogP contribution in [0.5, 0.6) is 0 Å². The Morgan fingerprint density at radius 3 is 2.67 bits per heavy atom. The van der Waals surface area contributed by atoms with Gasteiger partial charge in [-0.2, -0.15) is 0 Å². The molecule has 0 saturated carbocycles. The van der Waals surface area contributed by atoms with Gasteiger partial charge < -0.3 is 14.8 Å². The highest BCUT2D eigenvalue weighted by Crippen LogP contribution is 2.29. The van der Waals surface area contributed by atoms with Gasteiger partial charge in [0.1, 0.15) is 0 Å². The zero-order chi connectivity index (χ0) is 13.0. The monoisotopic (exact) mass is 249 g/mol. The summed E-state index contributed by atoms with van der Waals surface area (Å²) in [5, 5.41) is 3.63. The minimum Gasteiger partial charge on any atom is -0.354 e. The maximum Gasteiger partial charge on any atom is 0.0220 e. The number of nitrogens with one attached hydrogen (secondary N) is 1. The smallest absolute Gasteiger partial charge is 0.0220 e. The maximum absolute atomic E-state index is 3.63. The van der Waals surface area contributed by atoms with Gasteiger partial charge in [0.25, 0.3) is 0 Å². The number of aryl methyl sites for hydroxylation is 1. The Morgan fingerprint density at radius 2 is 2.06 bits per heavy atom. The first-order valence-electron chi connectivity index (χ1n) is 7.15. The topological polar surface area (TPSA) is 20.2 Å². The van der Waals surface area contributed by atoms with Gasteiger partial charge in [-0.25, -0.2) is 0 Å². The molecule has 1 aromatic heterocycles. The van der Waals surface area contributed by atoms with Crippen molar-refractivity contribution >= 4 is 0 Å². The van der Waals surface area contributed by atoms with Crippen LogP contribution in [0, 0.1) is 5.41 Å². The van der Waals surface area contributed by atoms with Crippen LogP contribution < -0.4 is 5.32 Å². The normalized spacial score (nSPS) is 20.2. The van der Waals surface area contributed by atoms with Gasteiger partial charge >= 0.3 is 0 Å². The van der Waals surface area contributed by atoms with Crippen molar-refractivity contribution in [3.05, 3.63) is 24.0 Å². The van der Waals surface area contributed by atoms with E-state index >= 15 is 0 Å². The molecule has 3 nitrogen and oxygen atoms in total. The summed E-state index contributed by atoms with van der Waals surface area (Å²) in [5.74, 6) is 0. The first-order chi connectivity index (χ1) is 8.61. The SMILES string of the molecule is CCn1ccc(CNCC2(C)CCN(C)CC2)c1. The first-order valence-corrected chi connectivity index (χ1v) is 7.15. The standard InChI is InChI=1S/C15H27N3/c1-4-18-8-5-14(12-18)11-16-13-15(2)6-9-17(3)10-7-15/h5,8,12,16H,4,6-7,9-11,13H2,1-3H3. The zero-order valence-corrected chi connectivity index (χ0v) is 12.1. The molecular weight excluding hydrogens is 222 g/mol. The summed E-state index contributed by atoms with van der Waals surface area (Å²) in [7, 11) is 2.22. The third-order valence-electron chi connectivity index (χ3n) is 4.25. The van der Waals surface area contributed by atoms with Gasteiger partial charge in [-0.1, -0.05) is 6.92 Å². The van der Waals surface area contributed by atoms with Crippen LogP contribution in [0.4, 0.5) is 0 Å². The number of hydrogen-bond acceptors (Lipinski definition) is 2. The van der Waals surface area contributed by atoms with Crippen LogP contribution in [0.2, 0.25) is 0 Å². The van der Waals surface area contributed by atoms with Crippen molar-refractivity contribution in [1.82, 2.24) is 14.8 Å². The number of aromatic nitrogens is 1. The molecule has 102 valence electrons. The predicted octanol–water partition coefficient (Wildman–Crippen LogP) is 2.33. The van der Waals surface area contributed by atoms with Gasteiger partial charge in [-0.15, -0.1) is 0 Å². The lowest BCUT2D eigenvalue weighted by atomic mass is 9.80. The van der Waals surface area contributed by atoms with E-state index in [1.807, 2.05) is 0 Å². The van der Waals surface area contributed by atoms with Gasteiger partial charge in [0.15, 0.2) is 0 Å². The van der Waals surface area contributed by atoms with Crippen molar-refractivity contribution in [2.75, 3.05) is 26.7 Å². The van der Waals surface area contributed by atoms with Gasteiger partial charge in [-0.05, 0) is 56.9 Å². The van der Waals surface area contributed by atoms with E-state index in [2.05, 4.69) is 54.1 Å². The van der Waals surface area contributed by atoms with Crippen LogP contribution in [0.25, 0.3) is 0 Å². The molecule has 0 aliphatic carbocycles. The Morgan fingerprint density at radius 1 is 1.33 bits per heavy atom. The summed E-state index contributed by atoms with van der Waals surface area (Å²) in [6, 6.07) is 2.22. The summed E-state index contributed by atoms with van der Waals surface area (Å²) >= 11 is 0. The molecule has 1 saturated heterocycles. The van der Waals surface area contributed by atoms with E-state index in [0.717, 1.165) is 19.6 Å². The van der Waals surface area contributed by atoms with Crippen LogP contribution in [-0.4, -0.2) is 36.1 Å². The molecule has 2 rings (SSSR count). The molecule has 0 atom stereocenters. The van der Waals surface area contributed by atoms with Gasteiger partial charge in [0.05, 0.1) is 0 Å². The van der Waals surface area contributed by atoms with Gasteiger partial charge in [-0.3, -0.25) is 0 Å². The highest BCUT2D eigenvalue weighted by Gasteiger charge is 2.28. The molecule has 3 heteroatoms. The summed E-state index contributed by atoms with van der Waals surface area (Å²) in [4.78, 5) is 2.43. The largest absolute Gasteiger partial charge is 0.354 e. The van der Waals surface area contributed by atoms with Crippen molar-refractivity contribution in [3.63, 3.8) is 0 Å². The van der Waals surface area contributed by atoms with Crippen LogP contribution in [0.15, 0.2) is 18.5 Å². The van der Waals surface area contributed by atoms with Gasteiger partial charge in [0.2, 0.25) is 0 Å². The number of nitrogens with zero attached hydrogens (tertiary/aromatic N) is 2. The van der Waals surface area contributed by atoms with Crippen molar-refractivity contribution in [3.8, 4) is 0 Å².